The molecule has 0 radical (unpaired) electrons. The van der Waals surface area contributed by atoms with E-state index in [-0.39, 0.29) is 0 Å². The molecule has 0 bridgehead atoms. The normalized spacial score (nSPS) is 11.3. The quantitative estimate of drug-likeness (QED) is 0.0981. The predicted molar refractivity (Wildman–Crippen MR) is 573 cm³/mol. The summed E-state index contributed by atoms with van der Waals surface area (Å²) >= 11 is 0. The highest BCUT2D eigenvalue weighted by Gasteiger charge is 2.22. The highest BCUT2D eigenvalue weighted by Crippen LogP contribution is 2.46. The van der Waals surface area contributed by atoms with E-state index in [9.17, 15) is 0 Å². The summed E-state index contributed by atoms with van der Waals surface area (Å²) in [6.45, 7) is 0. The maximum absolute atomic E-state index is 4.99. The highest BCUT2D eigenvalue weighted by molar-refractivity contribution is 6.28. The Morgan fingerprint density at radius 2 is 0.428 bits per heavy atom. The van der Waals surface area contributed by atoms with Gasteiger partial charge < -0.3 is 0 Å². The molecule has 0 unspecified atom stereocenters. The molecule has 26 aromatic rings. The lowest BCUT2D eigenvalue weighted by atomic mass is 9.89. The van der Waals surface area contributed by atoms with Crippen molar-refractivity contribution in [2.24, 2.45) is 0 Å². The third-order valence-corrected chi connectivity index (χ3v) is 26.5. The lowest BCUT2D eigenvalue weighted by Crippen LogP contribution is -2.01. The second-order valence-corrected chi connectivity index (χ2v) is 34.6. The Morgan fingerprint density at radius 3 is 0.848 bits per heavy atom. The number of aromatic nitrogens is 9. The summed E-state index contributed by atoms with van der Waals surface area (Å²) < 4.78 is 0. The van der Waals surface area contributed by atoms with Crippen LogP contribution >= 0.6 is 0 Å². The predicted octanol–water partition coefficient (Wildman–Crippen LogP) is 33.3. The standard InChI is InChI=1S/C46H30N2.C43H27N5.C40H26N2/c1-2-15-39(36-26-35(34-13-10-23-47-30-34)27-37(28-36)46-20-7-8-24-48-46)38(14-1)33-12-9-11-31(25-33)32-21-22-44-42-18-4-3-16-40(42)41-17-5-6-19-43(41)45(44)29-32;1-6-15-39(43-47-41(28-18-22-44-23-19-28)46-42(48-43)29-20-24-45-25-21-29)33(10-1)32-9-7-8-30(26-32)31-16-17-38-36-13-3-2-11-34(36)35-12-4-5-14-37(35)40(38)27-31;1-2-11-27(12-3-1)40-41-24-23-39(42-40)37-20-9-4-15-31(37)30-14-10-13-28(25-30)29-21-22-36-34-18-6-5-16-32(34)33-17-7-8-19-35(33)38(36)26-29/h1-30H;1-27H;1-26H. The van der Waals surface area contributed by atoms with Crippen LogP contribution in [0.25, 0.3) is 254 Å². The largest absolute Gasteiger partial charge is 0.265 e. The minimum absolute atomic E-state index is 0.591. The minimum atomic E-state index is 0.591. The van der Waals surface area contributed by atoms with Gasteiger partial charge in [-0.05, 0) is 284 Å². The van der Waals surface area contributed by atoms with E-state index in [4.69, 9.17) is 19.9 Å². The molecule has 0 N–H and O–H groups in total. The smallest absolute Gasteiger partial charge is 0.164 e. The first-order chi connectivity index (χ1) is 68.4. The molecular weight excluding hydrogens is 1680 g/mol. The summed E-state index contributed by atoms with van der Waals surface area (Å²) in [5.41, 5.74) is 26.1. The molecule has 20 aromatic carbocycles. The average molecular weight is 1760 g/mol. The van der Waals surface area contributed by atoms with Crippen LogP contribution in [0.4, 0.5) is 0 Å². The van der Waals surface area contributed by atoms with E-state index in [1.807, 2.05) is 110 Å². The highest BCUT2D eigenvalue weighted by atomic mass is 15.0. The van der Waals surface area contributed by atoms with Gasteiger partial charge in [-0.15, -0.1) is 0 Å². The SMILES string of the molecule is c1cc(-c2ccc3c4ccccc4c4ccccc4c3c2)cc(-c2ccccc2-c2nc(-c3ccncc3)nc(-c3ccncc3)n2)c1.c1ccc(-c2cc(-c3cccnc3)cc(-c3ccccc3-c3cccc(-c4ccc5c6ccccc6c6ccccc6c5c4)c3)c2)nc1.c1ccc(-c2nccc(-c3ccccc3-c3cccc(-c4ccc5c6ccccc6c6ccccc6c5c4)c3)n2)cc1. The maximum Gasteiger partial charge on any atom is 0.164 e. The van der Waals surface area contributed by atoms with Gasteiger partial charge in [0.1, 0.15) is 0 Å². The zero-order valence-electron chi connectivity index (χ0n) is 74.9. The second kappa shape index (κ2) is 36.5. The molecule has 9 heteroatoms. The van der Waals surface area contributed by atoms with Crippen molar-refractivity contribution in [2.45, 2.75) is 0 Å². The van der Waals surface area contributed by atoms with Gasteiger partial charge in [-0.3, -0.25) is 19.9 Å². The van der Waals surface area contributed by atoms with E-state index in [1.54, 1.807) is 24.8 Å². The Labute approximate surface area is 797 Å². The van der Waals surface area contributed by atoms with E-state index in [1.165, 1.54) is 141 Å². The summed E-state index contributed by atoms with van der Waals surface area (Å²) in [5, 5.41) is 23.1. The van der Waals surface area contributed by atoms with Crippen molar-refractivity contribution >= 4 is 97.0 Å². The zero-order chi connectivity index (χ0) is 91.6. The van der Waals surface area contributed by atoms with Crippen LogP contribution in [-0.4, -0.2) is 44.9 Å². The van der Waals surface area contributed by atoms with Crippen LogP contribution in [0.3, 0.4) is 0 Å². The number of pyridine rings is 4. The molecule has 644 valence electrons. The van der Waals surface area contributed by atoms with Crippen molar-refractivity contribution in [3.8, 4) is 157 Å². The van der Waals surface area contributed by atoms with Gasteiger partial charge in [0.05, 0.1) is 11.4 Å². The molecule has 0 amide bonds. The van der Waals surface area contributed by atoms with Gasteiger partial charge in [0.2, 0.25) is 0 Å². The van der Waals surface area contributed by atoms with Crippen molar-refractivity contribution in [3.63, 3.8) is 0 Å². The monoisotopic (exact) mass is 1760 g/mol. The number of fused-ring (bicyclic) bond motifs is 18. The van der Waals surface area contributed by atoms with E-state index in [2.05, 4.69) is 395 Å². The average Bonchev–Trinajstić information content (AvgIpc) is 0.746. The van der Waals surface area contributed by atoms with Gasteiger partial charge >= 0.3 is 0 Å². The molecule has 0 fully saturated rings. The van der Waals surface area contributed by atoms with Gasteiger partial charge in [-0.25, -0.2) is 24.9 Å². The van der Waals surface area contributed by atoms with Gasteiger partial charge in [-0.1, -0.05) is 352 Å². The molecule has 0 aliphatic rings. The van der Waals surface area contributed by atoms with Crippen LogP contribution in [0.1, 0.15) is 0 Å². The topological polar surface area (TPSA) is 116 Å². The molecule has 0 saturated heterocycles. The number of rotatable bonds is 14. The van der Waals surface area contributed by atoms with E-state index in [0.717, 1.165) is 95.1 Å². The summed E-state index contributed by atoms with van der Waals surface area (Å²) in [4.78, 5) is 41.8. The van der Waals surface area contributed by atoms with E-state index in [0.29, 0.717) is 17.5 Å². The van der Waals surface area contributed by atoms with Crippen LogP contribution in [0, 0.1) is 0 Å². The van der Waals surface area contributed by atoms with Crippen LogP contribution in [-0.2, 0) is 0 Å². The Morgan fingerprint density at radius 1 is 0.116 bits per heavy atom. The molecule has 0 saturated carbocycles. The first kappa shape index (κ1) is 82.6. The van der Waals surface area contributed by atoms with Crippen molar-refractivity contribution < 1.29 is 0 Å². The summed E-state index contributed by atoms with van der Waals surface area (Å²) in [6, 6.07) is 162. The summed E-state index contributed by atoms with van der Waals surface area (Å²) in [7, 11) is 0. The van der Waals surface area contributed by atoms with E-state index >= 15 is 0 Å². The van der Waals surface area contributed by atoms with Gasteiger partial charge in [0, 0.05) is 88.5 Å². The fourth-order valence-electron chi connectivity index (χ4n) is 19.9. The molecule has 6 heterocycles. The number of benzene rings is 20. The fraction of sp³-hybridized carbons (Fsp3) is 0. The van der Waals surface area contributed by atoms with Crippen LogP contribution < -0.4 is 0 Å². The van der Waals surface area contributed by atoms with Crippen LogP contribution in [0.5, 0.6) is 0 Å². The van der Waals surface area contributed by atoms with E-state index < -0.39 is 0 Å². The molecule has 6 aromatic heterocycles. The number of nitrogens with zero attached hydrogens (tertiary/aromatic N) is 9. The Kier molecular flexibility index (Phi) is 21.9. The number of hydrogen-bond donors (Lipinski definition) is 0. The van der Waals surface area contributed by atoms with Crippen molar-refractivity contribution in [2.75, 3.05) is 0 Å². The third kappa shape index (κ3) is 16.0. The third-order valence-electron chi connectivity index (χ3n) is 26.5. The van der Waals surface area contributed by atoms with Crippen molar-refractivity contribution in [3.05, 3.63) is 505 Å². The maximum atomic E-state index is 4.99. The van der Waals surface area contributed by atoms with Crippen molar-refractivity contribution in [1.82, 2.24) is 44.9 Å². The molecule has 0 aliphatic heterocycles. The summed E-state index contributed by atoms with van der Waals surface area (Å²) in [5.74, 6) is 2.52. The molecule has 138 heavy (non-hydrogen) atoms. The van der Waals surface area contributed by atoms with Crippen molar-refractivity contribution in [1.29, 1.82) is 0 Å². The Bertz CT molecular complexity index is 8560. The zero-order valence-corrected chi connectivity index (χ0v) is 74.9. The molecular formula is C129H83N9. The van der Waals surface area contributed by atoms with Gasteiger partial charge in [0.15, 0.2) is 23.3 Å². The number of hydrogen-bond acceptors (Lipinski definition) is 9. The Balaban J connectivity index is 0.000000113. The first-order valence-electron chi connectivity index (χ1n) is 46.5. The Hall–Kier alpha value is -18.6. The van der Waals surface area contributed by atoms with Crippen LogP contribution in [0.2, 0.25) is 0 Å². The first-order valence-corrected chi connectivity index (χ1v) is 46.5. The van der Waals surface area contributed by atoms with Crippen LogP contribution in [0.15, 0.2) is 505 Å². The lowest BCUT2D eigenvalue weighted by Gasteiger charge is -2.15. The van der Waals surface area contributed by atoms with Gasteiger partial charge in [-0.2, -0.15) is 0 Å². The molecule has 0 atom stereocenters. The lowest BCUT2D eigenvalue weighted by molar-refractivity contribution is 1.07. The fourth-order valence-corrected chi connectivity index (χ4v) is 19.9. The second-order valence-electron chi connectivity index (χ2n) is 34.6. The summed E-state index contributed by atoms with van der Waals surface area (Å²) in [6.07, 6.45) is 14.4. The molecule has 0 spiro atoms. The minimum Gasteiger partial charge on any atom is -0.265 e. The molecule has 26 rings (SSSR count). The van der Waals surface area contributed by atoms with Gasteiger partial charge in [0.25, 0.3) is 0 Å². The molecule has 9 nitrogen and oxygen atoms in total. The molecule has 0 aliphatic carbocycles.